The van der Waals surface area contributed by atoms with Gasteiger partial charge in [0.2, 0.25) is 0 Å². The Bertz CT molecular complexity index is 359. The minimum Gasteiger partial charge on any atom is -0.490 e. The zero-order valence-electron chi connectivity index (χ0n) is 8.90. The van der Waals surface area contributed by atoms with Gasteiger partial charge in [-0.25, -0.2) is 9.97 Å². The zero-order valence-corrected chi connectivity index (χ0v) is 9.66. The average Bonchev–Trinajstić information content (AvgIpc) is 2.64. The number of halogens is 1. The van der Waals surface area contributed by atoms with Crippen molar-refractivity contribution < 1.29 is 4.74 Å². The summed E-state index contributed by atoms with van der Waals surface area (Å²) in [7, 11) is 1.59. The predicted octanol–water partition coefficient (Wildman–Crippen LogP) is 2.13. The van der Waals surface area contributed by atoms with Gasteiger partial charge >= 0.3 is 0 Å². The Morgan fingerprint density at radius 2 is 2.33 bits per heavy atom. The summed E-state index contributed by atoms with van der Waals surface area (Å²) in [5.74, 6) is 1.38. The van der Waals surface area contributed by atoms with Crippen LogP contribution in [0, 0.1) is 0 Å². The molecule has 0 saturated carbocycles. The second-order valence-corrected chi connectivity index (χ2v) is 4.06. The topological polar surface area (TPSA) is 38.3 Å². The molecule has 1 aromatic rings. The molecule has 0 spiro atoms. The maximum atomic E-state index is 5.95. The van der Waals surface area contributed by atoms with Gasteiger partial charge in [0.1, 0.15) is 6.33 Å². The van der Waals surface area contributed by atoms with Crippen molar-refractivity contribution in [1.82, 2.24) is 9.97 Å². The SMILES string of the molecule is COc1c(Cl)ncnc1N1CCCC1C. The highest BCUT2D eigenvalue weighted by Crippen LogP contribution is 2.35. The quantitative estimate of drug-likeness (QED) is 0.726. The summed E-state index contributed by atoms with van der Waals surface area (Å²) in [6.07, 6.45) is 3.85. The van der Waals surface area contributed by atoms with E-state index in [1.165, 1.54) is 19.2 Å². The molecule has 1 saturated heterocycles. The molecule has 0 N–H and O–H groups in total. The second-order valence-electron chi connectivity index (χ2n) is 3.71. The van der Waals surface area contributed by atoms with E-state index in [1.807, 2.05) is 0 Å². The highest BCUT2D eigenvalue weighted by Gasteiger charge is 2.25. The Kier molecular flexibility index (Phi) is 2.95. The highest BCUT2D eigenvalue weighted by atomic mass is 35.5. The summed E-state index contributed by atoms with van der Waals surface area (Å²) in [5, 5.41) is 0.376. The van der Waals surface area contributed by atoms with Crippen molar-refractivity contribution in [2.24, 2.45) is 0 Å². The van der Waals surface area contributed by atoms with E-state index < -0.39 is 0 Å². The molecule has 15 heavy (non-hydrogen) atoms. The molecular formula is C10H14ClN3O. The Labute approximate surface area is 94.2 Å². The van der Waals surface area contributed by atoms with Crippen LogP contribution in [0.15, 0.2) is 6.33 Å². The van der Waals surface area contributed by atoms with Crippen molar-refractivity contribution in [3.05, 3.63) is 11.5 Å². The standard InChI is InChI=1S/C10H14ClN3O/c1-7-4-3-5-14(7)10-8(15-2)9(11)12-6-13-10/h6-7H,3-5H2,1-2H3. The van der Waals surface area contributed by atoms with Gasteiger partial charge in [-0.15, -0.1) is 0 Å². The van der Waals surface area contributed by atoms with Gasteiger partial charge in [0, 0.05) is 12.6 Å². The maximum absolute atomic E-state index is 5.95. The predicted molar refractivity (Wildman–Crippen MR) is 59.6 cm³/mol. The van der Waals surface area contributed by atoms with E-state index in [0.717, 1.165) is 12.4 Å². The van der Waals surface area contributed by atoms with Crippen molar-refractivity contribution in [1.29, 1.82) is 0 Å². The molecule has 0 aliphatic carbocycles. The third kappa shape index (κ3) is 1.86. The average molecular weight is 228 g/mol. The van der Waals surface area contributed by atoms with E-state index in [2.05, 4.69) is 21.8 Å². The van der Waals surface area contributed by atoms with Crippen LogP contribution in [-0.2, 0) is 0 Å². The van der Waals surface area contributed by atoms with Gasteiger partial charge in [0.05, 0.1) is 7.11 Å². The summed E-state index contributed by atoms with van der Waals surface area (Å²) in [6, 6.07) is 0.491. The van der Waals surface area contributed by atoms with Crippen molar-refractivity contribution in [2.45, 2.75) is 25.8 Å². The first kappa shape index (κ1) is 10.5. The van der Waals surface area contributed by atoms with E-state index in [4.69, 9.17) is 16.3 Å². The summed E-state index contributed by atoms with van der Waals surface area (Å²) in [4.78, 5) is 10.4. The lowest BCUT2D eigenvalue weighted by Crippen LogP contribution is -2.27. The fourth-order valence-electron chi connectivity index (χ4n) is 1.97. The molecule has 82 valence electrons. The van der Waals surface area contributed by atoms with E-state index in [9.17, 15) is 0 Å². The number of anilines is 1. The largest absolute Gasteiger partial charge is 0.490 e. The van der Waals surface area contributed by atoms with Gasteiger partial charge in [0.15, 0.2) is 16.7 Å². The van der Waals surface area contributed by atoms with Crippen LogP contribution in [0.2, 0.25) is 5.15 Å². The van der Waals surface area contributed by atoms with Crippen LogP contribution >= 0.6 is 11.6 Å². The molecule has 5 heteroatoms. The Balaban J connectivity index is 2.38. The monoisotopic (exact) mass is 227 g/mol. The van der Waals surface area contributed by atoms with Gasteiger partial charge in [-0.1, -0.05) is 11.6 Å². The maximum Gasteiger partial charge on any atom is 0.199 e. The first-order chi connectivity index (χ1) is 7.24. The molecule has 1 fully saturated rings. The normalized spacial score (nSPS) is 20.7. The molecular weight excluding hydrogens is 214 g/mol. The third-order valence-electron chi connectivity index (χ3n) is 2.77. The first-order valence-electron chi connectivity index (χ1n) is 5.05. The van der Waals surface area contributed by atoms with Crippen LogP contribution in [0.3, 0.4) is 0 Å². The Morgan fingerprint density at radius 3 is 2.93 bits per heavy atom. The Morgan fingerprint density at radius 1 is 1.53 bits per heavy atom. The van der Waals surface area contributed by atoms with Gasteiger partial charge < -0.3 is 9.64 Å². The molecule has 0 radical (unpaired) electrons. The molecule has 1 unspecified atom stereocenters. The van der Waals surface area contributed by atoms with Crippen LogP contribution in [-0.4, -0.2) is 29.7 Å². The number of nitrogens with zero attached hydrogens (tertiary/aromatic N) is 3. The number of rotatable bonds is 2. The smallest absolute Gasteiger partial charge is 0.199 e. The van der Waals surface area contributed by atoms with Gasteiger partial charge in [-0.3, -0.25) is 0 Å². The van der Waals surface area contributed by atoms with E-state index >= 15 is 0 Å². The van der Waals surface area contributed by atoms with Gasteiger partial charge in [-0.2, -0.15) is 0 Å². The van der Waals surface area contributed by atoms with Gasteiger partial charge in [0.25, 0.3) is 0 Å². The molecule has 2 heterocycles. The molecule has 1 atom stereocenters. The van der Waals surface area contributed by atoms with Crippen molar-refractivity contribution in [3.8, 4) is 5.75 Å². The molecule has 0 aromatic carbocycles. The van der Waals surface area contributed by atoms with Gasteiger partial charge in [-0.05, 0) is 19.8 Å². The number of methoxy groups -OCH3 is 1. The molecule has 1 aliphatic heterocycles. The van der Waals surface area contributed by atoms with Crippen LogP contribution in [0.4, 0.5) is 5.82 Å². The minimum atomic E-state index is 0.376. The molecule has 0 bridgehead atoms. The van der Waals surface area contributed by atoms with E-state index in [0.29, 0.717) is 16.9 Å². The minimum absolute atomic E-state index is 0.376. The van der Waals surface area contributed by atoms with Crippen LogP contribution in [0.5, 0.6) is 5.75 Å². The second kappa shape index (κ2) is 4.23. The van der Waals surface area contributed by atoms with Crippen LogP contribution in [0.25, 0.3) is 0 Å². The number of hydrogen-bond acceptors (Lipinski definition) is 4. The van der Waals surface area contributed by atoms with Crippen molar-refractivity contribution in [2.75, 3.05) is 18.6 Å². The molecule has 2 rings (SSSR count). The lowest BCUT2D eigenvalue weighted by atomic mass is 10.2. The number of ether oxygens (including phenoxy) is 1. The summed E-state index contributed by atoms with van der Waals surface area (Å²) in [6.45, 7) is 3.19. The summed E-state index contributed by atoms with van der Waals surface area (Å²) >= 11 is 5.95. The lowest BCUT2D eigenvalue weighted by Gasteiger charge is -2.24. The zero-order chi connectivity index (χ0) is 10.8. The molecule has 4 nitrogen and oxygen atoms in total. The fraction of sp³-hybridized carbons (Fsp3) is 0.600. The van der Waals surface area contributed by atoms with E-state index in [1.54, 1.807) is 7.11 Å². The molecule has 1 aromatic heterocycles. The highest BCUT2D eigenvalue weighted by molar-refractivity contribution is 6.31. The first-order valence-corrected chi connectivity index (χ1v) is 5.43. The molecule has 0 amide bonds. The van der Waals surface area contributed by atoms with Crippen LogP contribution < -0.4 is 9.64 Å². The fourth-order valence-corrected chi connectivity index (χ4v) is 2.18. The number of aromatic nitrogens is 2. The number of hydrogen-bond donors (Lipinski definition) is 0. The third-order valence-corrected chi connectivity index (χ3v) is 3.04. The van der Waals surface area contributed by atoms with Crippen molar-refractivity contribution in [3.63, 3.8) is 0 Å². The summed E-state index contributed by atoms with van der Waals surface area (Å²) in [5.41, 5.74) is 0. The van der Waals surface area contributed by atoms with E-state index in [-0.39, 0.29) is 0 Å². The Hall–Kier alpha value is -1.03. The molecule has 1 aliphatic rings. The summed E-state index contributed by atoms with van der Waals surface area (Å²) < 4.78 is 5.24. The lowest BCUT2D eigenvalue weighted by molar-refractivity contribution is 0.410. The van der Waals surface area contributed by atoms with Crippen LogP contribution in [0.1, 0.15) is 19.8 Å². The van der Waals surface area contributed by atoms with Crippen molar-refractivity contribution >= 4 is 17.4 Å².